The van der Waals surface area contributed by atoms with Gasteiger partial charge in [-0.05, 0) is 72.9 Å². The topological polar surface area (TPSA) is 79.2 Å². The lowest BCUT2D eigenvalue weighted by Crippen LogP contribution is -2.26. The molecule has 0 saturated heterocycles. The molecule has 0 spiro atoms. The van der Waals surface area contributed by atoms with Crippen LogP contribution in [0, 0.1) is 0 Å². The van der Waals surface area contributed by atoms with Crippen molar-refractivity contribution in [3.8, 4) is 0 Å². The molecule has 0 unspecified atom stereocenters. The van der Waals surface area contributed by atoms with Crippen molar-refractivity contribution in [2.45, 2.75) is 13.3 Å². The summed E-state index contributed by atoms with van der Waals surface area (Å²) >= 11 is 1.36. The number of allylic oxidation sites excluding steroid dienone is 4. The van der Waals surface area contributed by atoms with Crippen LogP contribution < -0.4 is 4.90 Å². The van der Waals surface area contributed by atoms with Crippen LogP contribution in [0.2, 0.25) is 0 Å². The summed E-state index contributed by atoms with van der Waals surface area (Å²) in [5.41, 5.74) is 2.47. The maximum Gasteiger partial charge on any atom is 0.335 e. The summed E-state index contributed by atoms with van der Waals surface area (Å²) in [7, 11) is 0. The van der Waals surface area contributed by atoms with E-state index < -0.39 is 5.97 Å². The first-order valence-corrected chi connectivity index (χ1v) is 12.1. The third kappa shape index (κ3) is 6.40. The summed E-state index contributed by atoms with van der Waals surface area (Å²) in [6, 6.07) is 25.4. The Kier molecular flexibility index (Phi) is 8.16. The summed E-state index contributed by atoms with van der Waals surface area (Å²) in [5.74, 6) is 0.357. The van der Waals surface area contributed by atoms with E-state index in [-0.39, 0.29) is 5.56 Å². The van der Waals surface area contributed by atoms with Gasteiger partial charge in [-0.1, -0.05) is 60.3 Å². The van der Waals surface area contributed by atoms with Gasteiger partial charge in [0.15, 0.2) is 5.17 Å². The van der Waals surface area contributed by atoms with Crippen LogP contribution in [0.15, 0.2) is 119 Å². The van der Waals surface area contributed by atoms with E-state index >= 15 is 0 Å². The van der Waals surface area contributed by atoms with Gasteiger partial charge >= 0.3 is 5.97 Å². The van der Waals surface area contributed by atoms with Crippen LogP contribution in [-0.2, 0) is 9.53 Å². The highest BCUT2D eigenvalue weighted by Gasteiger charge is 2.16. The minimum absolute atomic E-state index is 0.224. The summed E-state index contributed by atoms with van der Waals surface area (Å²) in [6.07, 6.45) is 7.24. The average molecular weight is 497 g/mol. The highest BCUT2D eigenvalue weighted by molar-refractivity contribution is 8.17. The number of carboxylic acids is 1. The number of hydrogen-bond acceptors (Lipinski definition) is 5. The molecular weight excluding hydrogens is 472 g/mol. The number of anilines is 1. The van der Waals surface area contributed by atoms with Gasteiger partial charge in [0.2, 0.25) is 6.41 Å². The number of aromatic carboxylic acids is 1. The maximum atomic E-state index is 12.1. The highest BCUT2D eigenvalue weighted by Crippen LogP contribution is 2.30. The molecular formula is C29H24N2O4S. The first kappa shape index (κ1) is 24.8. The quantitative estimate of drug-likeness (QED) is 0.216. The smallest absolute Gasteiger partial charge is 0.335 e. The third-order valence-corrected chi connectivity index (χ3v) is 6.10. The van der Waals surface area contributed by atoms with E-state index in [1.165, 1.54) is 16.7 Å². The number of nitrogens with zero attached hydrogens (tertiary/aromatic N) is 2. The SMILES string of the molecule is C/C(=C/C1=CCC=C(c2ccc(C(=O)O)cc2)O1)SC(=Nc1ccccc1)N(C=O)c1ccccc1. The molecule has 3 aromatic carbocycles. The predicted molar refractivity (Wildman–Crippen MR) is 145 cm³/mol. The van der Waals surface area contributed by atoms with Crippen molar-refractivity contribution in [3.63, 3.8) is 0 Å². The molecule has 1 amide bonds. The lowest BCUT2D eigenvalue weighted by Gasteiger charge is -2.20. The van der Waals surface area contributed by atoms with Gasteiger partial charge in [0.05, 0.1) is 16.9 Å². The molecule has 36 heavy (non-hydrogen) atoms. The van der Waals surface area contributed by atoms with Crippen LogP contribution in [-0.4, -0.2) is 22.7 Å². The van der Waals surface area contributed by atoms with Gasteiger partial charge in [-0.25, -0.2) is 9.79 Å². The molecule has 0 saturated carbocycles. The van der Waals surface area contributed by atoms with Crippen LogP contribution in [0.3, 0.4) is 0 Å². The molecule has 3 aromatic rings. The normalized spacial score (nSPS) is 13.8. The number of ether oxygens (including phenoxy) is 1. The maximum absolute atomic E-state index is 12.1. The zero-order valence-electron chi connectivity index (χ0n) is 19.6. The molecule has 1 aliphatic rings. The zero-order chi connectivity index (χ0) is 25.3. The minimum Gasteiger partial charge on any atom is -0.478 e. The van der Waals surface area contributed by atoms with Gasteiger partial charge in [0.25, 0.3) is 0 Å². The van der Waals surface area contributed by atoms with E-state index in [4.69, 9.17) is 14.8 Å². The number of amides is 1. The standard InChI is InChI=1S/C29H24N2O4S/c1-21(19-26-13-8-14-27(35-26)22-15-17-23(18-16-22)28(33)34)36-29(30-24-9-4-2-5-10-24)31(20-32)25-11-6-3-7-12-25/h2-7,9-20H,8H2,1H3,(H,33,34)/b21-19-,30-29?. The summed E-state index contributed by atoms with van der Waals surface area (Å²) in [6.45, 7) is 1.93. The Morgan fingerprint density at radius 1 is 0.972 bits per heavy atom. The van der Waals surface area contributed by atoms with Gasteiger partial charge < -0.3 is 9.84 Å². The van der Waals surface area contributed by atoms with E-state index in [0.717, 1.165) is 22.6 Å². The Bertz CT molecular complexity index is 1350. The lowest BCUT2D eigenvalue weighted by atomic mass is 10.1. The minimum atomic E-state index is -0.968. The number of benzene rings is 3. The van der Waals surface area contributed by atoms with E-state index in [0.29, 0.717) is 28.8 Å². The fourth-order valence-electron chi connectivity index (χ4n) is 3.45. The van der Waals surface area contributed by atoms with Gasteiger partial charge in [-0.2, -0.15) is 0 Å². The third-order valence-electron chi connectivity index (χ3n) is 5.19. The molecule has 0 bridgehead atoms. The molecule has 4 rings (SSSR count). The number of rotatable bonds is 7. The largest absolute Gasteiger partial charge is 0.478 e. The fourth-order valence-corrected chi connectivity index (χ4v) is 4.31. The molecule has 1 heterocycles. The van der Waals surface area contributed by atoms with Crippen LogP contribution in [0.5, 0.6) is 0 Å². The van der Waals surface area contributed by atoms with E-state index in [2.05, 4.69) is 0 Å². The fraction of sp³-hybridized carbons (Fsp3) is 0.0690. The molecule has 7 heteroatoms. The highest BCUT2D eigenvalue weighted by atomic mass is 32.2. The molecule has 0 aliphatic carbocycles. The Labute approximate surface area is 213 Å². The van der Waals surface area contributed by atoms with Crippen LogP contribution in [0.4, 0.5) is 11.4 Å². The number of carbonyl (C=O) groups excluding carboxylic acids is 1. The Morgan fingerprint density at radius 3 is 2.28 bits per heavy atom. The lowest BCUT2D eigenvalue weighted by molar-refractivity contribution is -0.106. The van der Waals surface area contributed by atoms with Crippen molar-refractivity contribution in [2.75, 3.05) is 4.90 Å². The zero-order valence-corrected chi connectivity index (χ0v) is 20.4. The number of thioether (sulfide) groups is 1. The van der Waals surface area contributed by atoms with Crippen molar-refractivity contribution < 1.29 is 19.4 Å². The van der Waals surface area contributed by atoms with Gasteiger partial charge in [0.1, 0.15) is 11.5 Å². The number of aliphatic imine (C=N–C) groups is 1. The van der Waals surface area contributed by atoms with Crippen LogP contribution in [0.1, 0.15) is 29.3 Å². The molecule has 0 fully saturated rings. The number of para-hydroxylation sites is 2. The number of hydrogen-bond donors (Lipinski definition) is 1. The van der Waals surface area contributed by atoms with Gasteiger partial charge in [-0.3, -0.25) is 9.69 Å². The molecule has 0 radical (unpaired) electrons. The van der Waals surface area contributed by atoms with Crippen molar-refractivity contribution in [1.82, 2.24) is 0 Å². The monoisotopic (exact) mass is 496 g/mol. The molecule has 1 aliphatic heterocycles. The molecule has 0 aromatic heterocycles. The van der Waals surface area contributed by atoms with Crippen LogP contribution >= 0.6 is 11.8 Å². The van der Waals surface area contributed by atoms with Crippen molar-refractivity contribution >= 4 is 46.4 Å². The van der Waals surface area contributed by atoms with Gasteiger partial charge in [0, 0.05) is 5.56 Å². The van der Waals surface area contributed by atoms with Crippen LogP contribution in [0.25, 0.3) is 5.76 Å². The Hall–Kier alpha value is -4.36. The number of amidine groups is 1. The number of carboxylic acid groups (broad SMARTS) is 1. The first-order chi connectivity index (χ1) is 17.5. The van der Waals surface area contributed by atoms with Crippen molar-refractivity contribution in [2.24, 2.45) is 4.99 Å². The van der Waals surface area contributed by atoms with E-state index in [9.17, 15) is 9.59 Å². The molecule has 1 N–H and O–H groups in total. The van der Waals surface area contributed by atoms with Crippen molar-refractivity contribution in [3.05, 3.63) is 125 Å². The second-order valence-corrected chi connectivity index (χ2v) is 9.01. The van der Waals surface area contributed by atoms with Gasteiger partial charge in [-0.15, -0.1) is 0 Å². The molecule has 6 nitrogen and oxygen atoms in total. The van der Waals surface area contributed by atoms with E-state index in [1.807, 2.05) is 85.8 Å². The van der Waals surface area contributed by atoms with E-state index in [1.54, 1.807) is 24.3 Å². The molecule has 180 valence electrons. The second kappa shape index (κ2) is 11.9. The summed E-state index contributed by atoms with van der Waals surface area (Å²) in [5, 5.41) is 9.63. The summed E-state index contributed by atoms with van der Waals surface area (Å²) < 4.78 is 6.08. The predicted octanol–water partition coefficient (Wildman–Crippen LogP) is 7.02. The first-order valence-electron chi connectivity index (χ1n) is 11.2. The number of carbonyl (C=O) groups is 2. The average Bonchev–Trinajstić information content (AvgIpc) is 2.90. The van der Waals surface area contributed by atoms with Crippen molar-refractivity contribution in [1.29, 1.82) is 0 Å². The molecule has 0 atom stereocenters. The Balaban J connectivity index is 1.55. The second-order valence-electron chi connectivity index (χ2n) is 7.79. The Morgan fingerprint density at radius 2 is 1.64 bits per heavy atom. The summed E-state index contributed by atoms with van der Waals surface area (Å²) in [4.78, 5) is 30.4.